The predicted octanol–water partition coefficient (Wildman–Crippen LogP) is 1.71. The fourth-order valence-corrected chi connectivity index (χ4v) is 2.81. The first-order valence-electron chi connectivity index (χ1n) is 7.21. The first-order valence-corrected chi connectivity index (χ1v) is 7.21. The summed E-state index contributed by atoms with van der Waals surface area (Å²) < 4.78 is 0. The second-order valence-electron chi connectivity index (χ2n) is 5.79. The van der Waals surface area contributed by atoms with Crippen molar-refractivity contribution in [1.82, 2.24) is 10.3 Å². The monoisotopic (exact) mass is 259 g/mol. The summed E-state index contributed by atoms with van der Waals surface area (Å²) in [6, 6.07) is 3.52. The van der Waals surface area contributed by atoms with Gasteiger partial charge in [0.2, 0.25) is 0 Å². The van der Waals surface area contributed by atoms with Crippen molar-refractivity contribution in [3.8, 4) is 0 Å². The van der Waals surface area contributed by atoms with Crippen molar-refractivity contribution < 1.29 is 4.79 Å². The van der Waals surface area contributed by atoms with E-state index in [0.29, 0.717) is 18.0 Å². The lowest BCUT2D eigenvalue weighted by molar-refractivity contribution is 0.0943. The van der Waals surface area contributed by atoms with Gasteiger partial charge < -0.3 is 11.1 Å². The summed E-state index contributed by atoms with van der Waals surface area (Å²) in [5.74, 6) is 2.44. The van der Waals surface area contributed by atoms with Gasteiger partial charge in [0.15, 0.2) is 0 Å². The molecule has 0 unspecified atom stereocenters. The lowest BCUT2D eigenvalue weighted by atomic mass is 9.98. The van der Waals surface area contributed by atoms with E-state index < -0.39 is 0 Å². The first-order chi connectivity index (χ1) is 9.28. The Bertz CT molecular complexity index is 454. The van der Waals surface area contributed by atoms with Gasteiger partial charge in [-0.05, 0) is 55.6 Å². The first kappa shape index (κ1) is 12.6. The fourth-order valence-electron chi connectivity index (χ4n) is 2.81. The molecule has 3 rings (SSSR count). The summed E-state index contributed by atoms with van der Waals surface area (Å²) >= 11 is 0. The fraction of sp³-hybridized carbons (Fsp3) is 0.600. The Morgan fingerprint density at radius 3 is 2.63 bits per heavy atom. The molecule has 1 aromatic rings. The molecule has 2 aliphatic carbocycles. The van der Waals surface area contributed by atoms with E-state index in [1.165, 1.54) is 25.7 Å². The lowest BCUT2D eigenvalue weighted by Gasteiger charge is -2.16. The number of hydrogen-bond acceptors (Lipinski definition) is 3. The van der Waals surface area contributed by atoms with Crippen LogP contribution in [0.2, 0.25) is 0 Å². The molecule has 0 spiro atoms. The van der Waals surface area contributed by atoms with Crippen molar-refractivity contribution in [1.29, 1.82) is 0 Å². The van der Waals surface area contributed by atoms with Crippen LogP contribution in [0.1, 0.15) is 41.7 Å². The van der Waals surface area contributed by atoms with Crippen molar-refractivity contribution >= 4 is 5.91 Å². The molecule has 19 heavy (non-hydrogen) atoms. The van der Waals surface area contributed by atoms with Gasteiger partial charge in [-0.15, -0.1) is 0 Å². The average Bonchev–Trinajstić information content (AvgIpc) is 3.31. The van der Waals surface area contributed by atoms with E-state index in [-0.39, 0.29) is 5.91 Å². The molecule has 2 saturated carbocycles. The summed E-state index contributed by atoms with van der Waals surface area (Å²) in [7, 11) is 0. The number of carbonyl (C=O) groups is 1. The molecule has 0 radical (unpaired) electrons. The van der Waals surface area contributed by atoms with Gasteiger partial charge in [0, 0.05) is 24.8 Å². The summed E-state index contributed by atoms with van der Waals surface area (Å²) in [4.78, 5) is 16.2. The Hall–Kier alpha value is -1.42. The van der Waals surface area contributed by atoms with Gasteiger partial charge in [-0.25, -0.2) is 0 Å². The molecule has 1 heterocycles. The molecule has 0 saturated heterocycles. The van der Waals surface area contributed by atoms with Crippen LogP contribution in [0.5, 0.6) is 0 Å². The van der Waals surface area contributed by atoms with Gasteiger partial charge in [0.05, 0.1) is 5.69 Å². The third-order valence-corrected chi connectivity index (χ3v) is 4.24. The van der Waals surface area contributed by atoms with E-state index in [2.05, 4.69) is 10.3 Å². The lowest BCUT2D eigenvalue weighted by Crippen LogP contribution is -2.31. The van der Waals surface area contributed by atoms with Gasteiger partial charge in [-0.3, -0.25) is 9.78 Å². The van der Waals surface area contributed by atoms with Crippen LogP contribution in [-0.2, 0) is 6.54 Å². The van der Waals surface area contributed by atoms with Gasteiger partial charge in [-0.2, -0.15) is 0 Å². The number of aromatic nitrogens is 1. The number of amides is 1. The highest BCUT2D eigenvalue weighted by atomic mass is 16.1. The number of carbonyl (C=O) groups excluding carboxylic acids is 1. The van der Waals surface area contributed by atoms with Crippen LogP contribution < -0.4 is 11.1 Å². The molecule has 0 atom stereocenters. The Kier molecular flexibility index (Phi) is 3.51. The highest BCUT2D eigenvalue weighted by Gasteiger charge is 2.41. The smallest absolute Gasteiger partial charge is 0.251 e. The molecule has 0 bridgehead atoms. The molecule has 2 aliphatic rings. The maximum absolute atomic E-state index is 12.1. The molecule has 0 aliphatic heterocycles. The van der Waals surface area contributed by atoms with E-state index in [0.717, 1.165) is 24.1 Å². The number of hydrogen-bond donors (Lipinski definition) is 2. The SMILES string of the molecule is NCc1cc(C(=O)NCC(C2CC2)C2CC2)ccn1. The van der Waals surface area contributed by atoms with E-state index in [9.17, 15) is 4.79 Å². The summed E-state index contributed by atoms with van der Waals surface area (Å²) in [6.07, 6.45) is 7.05. The van der Waals surface area contributed by atoms with E-state index in [1.54, 1.807) is 18.3 Å². The van der Waals surface area contributed by atoms with Crippen LogP contribution >= 0.6 is 0 Å². The summed E-state index contributed by atoms with van der Waals surface area (Å²) in [6.45, 7) is 1.20. The predicted molar refractivity (Wildman–Crippen MR) is 73.4 cm³/mol. The highest BCUT2D eigenvalue weighted by molar-refractivity contribution is 5.94. The third-order valence-electron chi connectivity index (χ3n) is 4.24. The van der Waals surface area contributed by atoms with Crippen LogP contribution in [0.25, 0.3) is 0 Å². The zero-order chi connectivity index (χ0) is 13.2. The van der Waals surface area contributed by atoms with Crippen LogP contribution in [-0.4, -0.2) is 17.4 Å². The van der Waals surface area contributed by atoms with Gasteiger partial charge in [-0.1, -0.05) is 0 Å². The topological polar surface area (TPSA) is 68.0 Å². The Morgan fingerprint density at radius 2 is 2.05 bits per heavy atom. The van der Waals surface area contributed by atoms with Gasteiger partial charge >= 0.3 is 0 Å². The van der Waals surface area contributed by atoms with Crippen LogP contribution in [0.15, 0.2) is 18.3 Å². The highest BCUT2D eigenvalue weighted by Crippen LogP contribution is 2.48. The zero-order valence-corrected chi connectivity index (χ0v) is 11.1. The van der Waals surface area contributed by atoms with E-state index in [4.69, 9.17) is 5.73 Å². The molecular formula is C15H21N3O. The second kappa shape index (κ2) is 5.29. The molecule has 3 N–H and O–H groups in total. The minimum absolute atomic E-state index is 0.00315. The van der Waals surface area contributed by atoms with Gasteiger partial charge in [0.25, 0.3) is 5.91 Å². The van der Waals surface area contributed by atoms with Gasteiger partial charge in [0.1, 0.15) is 0 Å². The Labute approximate surface area is 113 Å². The minimum Gasteiger partial charge on any atom is -0.352 e. The Balaban J connectivity index is 1.57. The number of nitrogens with two attached hydrogens (primary N) is 1. The minimum atomic E-state index is 0.00315. The van der Waals surface area contributed by atoms with Crippen molar-refractivity contribution in [2.24, 2.45) is 23.5 Å². The maximum atomic E-state index is 12.1. The quantitative estimate of drug-likeness (QED) is 0.817. The third kappa shape index (κ3) is 3.13. The van der Waals surface area contributed by atoms with Crippen LogP contribution in [0.4, 0.5) is 0 Å². The molecule has 102 valence electrons. The number of pyridine rings is 1. The number of rotatable bonds is 6. The number of nitrogens with one attached hydrogen (secondary N) is 1. The van der Waals surface area contributed by atoms with Crippen molar-refractivity contribution in [2.45, 2.75) is 32.2 Å². The van der Waals surface area contributed by atoms with Crippen LogP contribution in [0.3, 0.4) is 0 Å². The van der Waals surface area contributed by atoms with Crippen molar-refractivity contribution in [3.63, 3.8) is 0 Å². The zero-order valence-electron chi connectivity index (χ0n) is 11.1. The standard InChI is InChI=1S/C15H21N3O/c16-8-13-7-12(5-6-17-13)15(19)18-9-14(10-1-2-10)11-3-4-11/h5-7,10-11,14H,1-4,8-9,16H2,(H,18,19). The number of nitrogens with zero attached hydrogens (tertiary/aromatic N) is 1. The Morgan fingerprint density at radius 1 is 1.37 bits per heavy atom. The molecule has 4 nitrogen and oxygen atoms in total. The van der Waals surface area contributed by atoms with Crippen molar-refractivity contribution in [2.75, 3.05) is 6.54 Å². The van der Waals surface area contributed by atoms with E-state index >= 15 is 0 Å². The molecule has 2 fully saturated rings. The molecule has 1 amide bonds. The molecular weight excluding hydrogens is 238 g/mol. The molecule has 0 aromatic carbocycles. The molecule has 1 aromatic heterocycles. The van der Waals surface area contributed by atoms with E-state index in [1.807, 2.05) is 0 Å². The maximum Gasteiger partial charge on any atom is 0.251 e. The summed E-state index contributed by atoms with van der Waals surface area (Å²) in [5.41, 5.74) is 6.97. The summed E-state index contributed by atoms with van der Waals surface area (Å²) in [5, 5.41) is 3.09. The van der Waals surface area contributed by atoms with Crippen LogP contribution in [0, 0.1) is 17.8 Å². The second-order valence-corrected chi connectivity index (χ2v) is 5.79. The normalized spacial score (nSPS) is 18.6. The molecule has 4 heteroatoms. The average molecular weight is 259 g/mol. The largest absolute Gasteiger partial charge is 0.352 e. The van der Waals surface area contributed by atoms with Crippen molar-refractivity contribution in [3.05, 3.63) is 29.6 Å².